The summed E-state index contributed by atoms with van der Waals surface area (Å²) in [6, 6.07) is 5.51. The second-order valence-electron chi connectivity index (χ2n) is 8.89. The number of hydrogen-bond donors (Lipinski definition) is 1. The number of esters is 1. The molecule has 9 nitrogen and oxygen atoms in total. The minimum atomic E-state index is -3.75. The molecule has 0 aromatic heterocycles. The number of unbranched alkanes of at least 4 members (excludes halogenated alkanes) is 1. The molecule has 1 N–H and O–H groups in total. The van der Waals surface area contributed by atoms with Crippen LogP contribution in [0.4, 0.5) is 4.39 Å². The van der Waals surface area contributed by atoms with Crippen molar-refractivity contribution in [3.8, 4) is 0 Å². The van der Waals surface area contributed by atoms with Crippen LogP contribution in [0.1, 0.15) is 44.1 Å². The molecule has 1 heterocycles. The highest BCUT2D eigenvalue weighted by molar-refractivity contribution is 7.88. The number of aliphatic imine (C=N–C) groups is 1. The molecule has 0 radical (unpaired) electrons. The van der Waals surface area contributed by atoms with E-state index in [9.17, 15) is 22.4 Å². The van der Waals surface area contributed by atoms with Gasteiger partial charge in [0.2, 0.25) is 15.9 Å². The van der Waals surface area contributed by atoms with Crippen molar-refractivity contribution >= 4 is 33.6 Å². The number of hydrogen-bond acceptors (Lipinski definition) is 7. The number of amides is 1. The number of likely N-dealkylation sites (N-methyl/N-ethyl adjacent to an activating group) is 1. The summed E-state index contributed by atoms with van der Waals surface area (Å²) in [7, 11) is -0.967. The van der Waals surface area contributed by atoms with E-state index in [1.54, 1.807) is 0 Å². The van der Waals surface area contributed by atoms with Crippen LogP contribution in [-0.2, 0) is 29.1 Å². The lowest BCUT2D eigenvalue weighted by atomic mass is 10.0. The molecule has 0 saturated heterocycles. The zero-order valence-corrected chi connectivity index (χ0v) is 22.1. The Morgan fingerprint density at radius 1 is 1.27 bits per heavy atom. The third-order valence-corrected chi connectivity index (χ3v) is 7.17. The highest BCUT2D eigenvalue weighted by Gasteiger charge is 2.35. The summed E-state index contributed by atoms with van der Waals surface area (Å²) in [5.74, 6) is -0.601. The number of rotatable bonds is 12. The van der Waals surface area contributed by atoms with Gasteiger partial charge in [-0.15, -0.1) is 0 Å². The van der Waals surface area contributed by atoms with E-state index in [0.29, 0.717) is 36.3 Å². The summed E-state index contributed by atoms with van der Waals surface area (Å²) in [5.41, 5.74) is 1.12. The normalized spacial score (nSPS) is 17.6. The lowest BCUT2D eigenvalue weighted by Crippen LogP contribution is -2.30. The number of allylic oxidation sites excluding steroid dienone is 1. The van der Waals surface area contributed by atoms with E-state index < -0.39 is 21.7 Å². The first-order valence-corrected chi connectivity index (χ1v) is 13.8. The average molecular weight is 534 g/mol. The second kappa shape index (κ2) is 12.2. The van der Waals surface area contributed by atoms with Gasteiger partial charge in [-0.3, -0.25) is 13.9 Å². The van der Waals surface area contributed by atoms with E-state index in [-0.39, 0.29) is 42.0 Å². The quantitative estimate of drug-likeness (QED) is 0.325. The maximum atomic E-state index is 13.6. The Morgan fingerprint density at radius 2 is 1.95 bits per heavy atom. The lowest BCUT2D eigenvalue weighted by molar-refractivity contribution is -0.140. The Labute approximate surface area is 216 Å². The molecule has 3 rings (SSSR count). The fourth-order valence-corrected chi connectivity index (χ4v) is 4.67. The maximum Gasteiger partial charge on any atom is 0.305 e. The Balaban J connectivity index is 1.95. The summed E-state index contributed by atoms with van der Waals surface area (Å²) < 4.78 is 50.3. The summed E-state index contributed by atoms with van der Waals surface area (Å²) in [6.07, 6.45) is 6.73. The topological polar surface area (TPSA) is 114 Å². The van der Waals surface area contributed by atoms with Gasteiger partial charge in [0.15, 0.2) is 0 Å². The number of nitrogens with one attached hydrogen (secondary N) is 1. The number of sulfonamides is 1. The molecule has 2 aliphatic rings. The van der Waals surface area contributed by atoms with Gasteiger partial charge in [0.05, 0.1) is 18.9 Å². The Kier molecular flexibility index (Phi) is 9.25. The molecule has 200 valence electrons. The fraction of sp³-hybridized carbons (Fsp3) is 0.423. The molecule has 37 heavy (non-hydrogen) atoms. The smallest absolute Gasteiger partial charge is 0.305 e. The predicted octanol–water partition coefficient (Wildman–Crippen LogP) is 3.51. The van der Waals surface area contributed by atoms with E-state index in [2.05, 4.69) is 21.6 Å². The predicted molar refractivity (Wildman–Crippen MR) is 138 cm³/mol. The van der Waals surface area contributed by atoms with Gasteiger partial charge in [-0.1, -0.05) is 12.7 Å². The van der Waals surface area contributed by atoms with Crippen molar-refractivity contribution in [3.63, 3.8) is 0 Å². The van der Waals surface area contributed by atoms with Gasteiger partial charge in [-0.2, -0.15) is 4.99 Å². The van der Waals surface area contributed by atoms with Crippen LogP contribution in [0.2, 0.25) is 0 Å². The number of nitrogens with zero attached hydrogens (tertiary/aromatic N) is 2. The van der Waals surface area contributed by atoms with Crippen molar-refractivity contribution in [2.45, 2.75) is 38.5 Å². The number of benzene rings is 1. The van der Waals surface area contributed by atoms with Gasteiger partial charge in [-0.05, 0) is 62.3 Å². The van der Waals surface area contributed by atoms with Crippen molar-refractivity contribution < 1.29 is 31.9 Å². The number of halogens is 1. The van der Waals surface area contributed by atoms with Crippen LogP contribution in [0.5, 0.6) is 0 Å². The average Bonchev–Trinajstić information content (AvgIpc) is 3.62. The summed E-state index contributed by atoms with van der Waals surface area (Å²) >= 11 is 0. The van der Waals surface area contributed by atoms with Crippen molar-refractivity contribution in [2.24, 2.45) is 10.9 Å². The van der Waals surface area contributed by atoms with Gasteiger partial charge in [0.1, 0.15) is 17.4 Å². The first-order valence-electron chi connectivity index (χ1n) is 12.0. The molecule has 1 amide bonds. The molecular weight excluding hydrogens is 501 g/mol. The minimum absolute atomic E-state index is 0.0341. The van der Waals surface area contributed by atoms with Gasteiger partial charge < -0.3 is 14.8 Å². The summed E-state index contributed by atoms with van der Waals surface area (Å²) in [5, 5.41) is 2.61. The van der Waals surface area contributed by atoms with E-state index in [4.69, 9.17) is 4.74 Å². The zero-order chi connectivity index (χ0) is 27.2. The molecule has 1 fully saturated rings. The van der Waals surface area contributed by atoms with Gasteiger partial charge in [0.25, 0.3) is 5.91 Å². The van der Waals surface area contributed by atoms with E-state index in [1.165, 1.54) is 38.4 Å². The van der Waals surface area contributed by atoms with Crippen LogP contribution in [0, 0.1) is 11.7 Å². The molecule has 0 atom stereocenters. The monoisotopic (exact) mass is 533 g/mol. The molecule has 1 aliphatic heterocycles. The number of carbonyl (C=O) groups is 2. The van der Waals surface area contributed by atoms with Crippen molar-refractivity contribution in [1.29, 1.82) is 0 Å². The van der Waals surface area contributed by atoms with Crippen LogP contribution >= 0.6 is 0 Å². The number of methoxy groups -OCH3 is 1. The Morgan fingerprint density at radius 3 is 2.51 bits per heavy atom. The standard InChI is InChI=1S/C26H32FN3O6S/c1-17(30(37(4,33)34)16-6-5-7-22(31)35-3)29-26-21(15-10-18-8-9-18)23(25(32)28-2)24(36-26)19-11-13-20(27)14-12-19/h11-15,18H,1,5-10,16H2,2-4H3,(H,28,32)/b21-15-,29-26+. The fourth-order valence-electron chi connectivity index (χ4n) is 3.78. The molecule has 1 aliphatic carbocycles. The van der Waals surface area contributed by atoms with Crippen LogP contribution in [-0.4, -0.2) is 57.5 Å². The first kappa shape index (κ1) is 28.1. The summed E-state index contributed by atoms with van der Waals surface area (Å²) in [4.78, 5) is 28.7. The number of carbonyl (C=O) groups excluding carboxylic acids is 2. The van der Waals surface area contributed by atoms with Crippen LogP contribution < -0.4 is 5.32 Å². The third-order valence-electron chi connectivity index (χ3n) is 5.98. The molecule has 0 unspecified atom stereocenters. The highest BCUT2D eigenvalue weighted by atomic mass is 32.2. The maximum absolute atomic E-state index is 13.6. The second-order valence-corrected chi connectivity index (χ2v) is 10.8. The van der Waals surface area contributed by atoms with Gasteiger partial charge in [0, 0.05) is 31.1 Å². The highest BCUT2D eigenvalue weighted by Crippen LogP contribution is 2.38. The van der Waals surface area contributed by atoms with E-state index in [0.717, 1.165) is 23.4 Å². The molecular formula is C26H32FN3O6S. The van der Waals surface area contributed by atoms with Crippen molar-refractivity contribution in [1.82, 2.24) is 9.62 Å². The molecule has 1 aromatic rings. The SMILES string of the molecule is C=C(/N=C1/OC(c2ccc(F)cc2)=C(C(=O)NC)/C1=C/CC1CC1)N(CCCCC(=O)OC)S(C)(=O)=O. The van der Waals surface area contributed by atoms with Gasteiger partial charge in [-0.25, -0.2) is 12.8 Å². The molecule has 1 saturated carbocycles. The van der Waals surface area contributed by atoms with E-state index in [1.807, 2.05) is 6.08 Å². The van der Waals surface area contributed by atoms with Crippen LogP contribution in [0.15, 0.2) is 58.9 Å². The Bertz CT molecular complexity index is 1250. The third kappa shape index (κ3) is 7.51. The zero-order valence-electron chi connectivity index (χ0n) is 21.3. The first-order chi connectivity index (χ1) is 17.5. The molecule has 0 bridgehead atoms. The van der Waals surface area contributed by atoms with Crippen LogP contribution in [0.25, 0.3) is 5.76 Å². The minimum Gasteiger partial charge on any atom is -0.469 e. The Hall–Kier alpha value is -3.47. The molecule has 0 spiro atoms. The van der Waals surface area contributed by atoms with Gasteiger partial charge >= 0.3 is 5.97 Å². The van der Waals surface area contributed by atoms with Crippen LogP contribution in [0.3, 0.4) is 0 Å². The summed E-state index contributed by atoms with van der Waals surface area (Å²) in [6.45, 7) is 3.90. The molecule has 1 aromatic carbocycles. The molecule has 11 heteroatoms. The van der Waals surface area contributed by atoms with Crippen molar-refractivity contribution in [2.75, 3.05) is 27.0 Å². The lowest BCUT2D eigenvalue weighted by Gasteiger charge is -2.22. The van der Waals surface area contributed by atoms with Crippen molar-refractivity contribution in [3.05, 3.63) is 65.3 Å². The van der Waals surface area contributed by atoms with E-state index >= 15 is 0 Å². The largest absolute Gasteiger partial charge is 0.469 e. The number of ether oxygens (including phenoxy) is 2.